The number of likely N-dealkylation sites (tertiary alicyclic amines) is 1. The summed E-state index contributed by atoms with van der Waals surface area (Å²) < 4.78 is 20.3. The summed E-state index contributed by atoms with van der Waals surface area (Å²) in [5, 5.41) is 0. The first-order valence-corrected chi connectivity index (χ1v) is 13.3. The molecule has 2 amide bonds. The van der Waals surface area contributed by atoms with Crippen LogP contribution in [-0.2, 0) is 22.6 Å². The van der Waals surface area contributed by atoms with E-state index in [4.69, 9.17) is 4.74 Å². The summed E-state index contributed by atoms with van der Waals surface area (Å²) in [5.74, 6) is 0.363. The van der Waals surface area contributed by atoms with Crippen LogP contribution in [0, 0.1) is 11.2 Å². The van der Waals surface area contributed by atoms with E-state index in [-0.39, 0.29) is 17.6 Å². The summed E-state index contributed by atoms with van der Waals surface area (Å²) in [7, 11) is 1.82. The van der Waals surface area contributed by atoms with Gasteiger partial charge in [-0.2, -0.15) is 0 Å². The van der Waals surface area contributed by atoms with E-state index in [9.17, 15) is 14.0 Å². The Morgan fingerprint density at radius 1 is 0.973 bits per heavy atom. The zero-order chi connectivity index (χ0) is 26.3. The molecule has 1 aliphatic heterocycles. The van der Waals surface area contributed by atoms with Crippen LogP contribution in [0.25, 0.3) is 0 Å². The van der Waals surface area contributed by atoms with Crippen LogP contribution in [0.15, 0.2) is 83.3 Å². The average Bonchev–Trinajstić information content (AvgIpc) is 2.90. The Balaban J connectivity index is 1.42. The van der Waals surface area contributed by atoms with E-state index in [0.717, 1.165) is 15.6 Å². The van der Waals surface area contributed by atoms with Gasteiger partial charge >= 0.3 is 0 Å². The third-order valence-corrected chi connectivity index (χ3v) is 7.82. The molecule has 1 fully saturated rings. The molecule has 3 aromatic rings. The van der Waals surface area contributed by atoms with Gasteiger partial charge in [0.2, 0.25) is 11.8 Å². The number of nitrogens with zero attached hydrogens (tertiary/aromatic N) is 2. The molecule has 0 radical (unpaired) electrons. The van der Waals surface area contributed by atoms with Gasteiger partial charge in [-0.15, -0.1) is 0 Å². The molecule has 0 N–H and O–H groups in total. The molecule has 0 saturated carbocycles. The van der Waals surface area contributed by atoms with Crippen LogP contribution in [0.5, 0.6) is 5.75 Å². The average molecular weight is 567 g/mol. The maximum atomic E-state index is 13.4. The fraction of sp³-hybridized carbons (Fsp3) is 0.333. The molecule has 0 aromatic heterocycles. The number of hydrogen-bond donors (Lipinski definition) is 0. The van der Waals surface area contributed by atoms with Gasteiger partial charge in [0.1, 0.15) is 11.6 Å². The second-order valence-corrected chi connectivity index (χ2v) is 10.7. The molecule has 0 aliphatic carbocycles. The zero-order valence-corrected chi connectivity index (χ0v) is 22.6. The lowest BCUT2D eigenvalue weighted by molar-refractivity contribution is -0.137. The molecule has 37 heavy (non-hydrogen) atoms. The van der Waals surface area contributed by atoms with Gasteiger partial charge < -0.3 is 14.5 Å². The van der Waals surface area contributed by atoms with Crippen molar-refractivity contribution in [2.24, 2.45) is 5.41 Å². The first kappa shape index (κ1) is 26.9. The number of carbonyl (C=O) groups is 2. The molecule has 1 saturated heterocycles. The number of carbonyl (C=O) groups excluding carboxylic acids is 2. The van der Waals surface area contributed by atoms with Crippen LogP contribution in [-0.4, -0.2) is 48.4 Å². The SMILES string of the molecule is CN(Cc1ccccc1)C(=O)CC1(COc2ccc(F)cc2)CCN(C(=O)Cc2ccccc2Br)CC1. The van der Waals surface area contributed by atoms with Gasteiger partial charge in [-0.05, 0) is 54.3 Å². The van der Waals surface area contributed by atoms with E-state index in [1.54, 1.807) is 17.0 Å². The van der Waals surface area contributed by atoms with Gasteiger partial charge in [-0.3, -0.25) is 9.59 Å². The van der Waals surface area contributed by atoms with Crippen molar-refractivity contribution in [2.75, 3.05) is 26.7 Å². The minimum absolute atomic E-state index is 0.0413. The number of piperidine rings is 1. The minimum atomic E-state index is -0.416. The van der Waals surface area contributed by atoms with Crippen molar-refractivity contribution in [2.45, 2.75) is 32.2 Å². The maximum absolute atomic E-state index is 13.4. The summed E-state index contributed by atoms with van der Waals surface area (Å²) in [6, 6.07) is 23.6. The Hall–Kier alpha value is -3.19. The predicted molar refractivity (Wildman–Crippen MR) is 146 cm³/mol. The van der Waals surface area contributed by atoms with Gasteiger partial charge in [0, 0.05) is 43.0 Å². The Kier molecular flexibility index (Phi) is 8.98. The molecule has 0 atom stereocenters. The topological polar surface area (TPSA) is 49.9 Å². The van der Waals surface area contributed by atoms with Crippen LogP contribution in [0.1, 0.15) is 30.4 Å². The summed E-state index contributed by atoms with van der Waals surface area (Å²) in [5.41, 5.74) is 1.62. The first-order valence-electron chi connectivity index (χ1n) is 12.5. The van der Waals surface area contributed by atoms with Crippen LogP contribution < -0.4 is 4.74 Å². The lowest BCUT2D eigenvalue weighted by atomic mass is 9.75. The van der Waals surface area contributed by atoms with Gasteiger partial charge in [0.25, 0.3) is 0 Å². The largest absolute Gasteiger partial charge is 0.493 e. The smallest absolute Gasteiger partial charge is 0.227 e. The lowest BCUT2D eigenvalue weighted by Gasteiger charge is -2.42. The first-order chi connectivity index (χ1) is 17.8. The van der Waals surface area contributed by atoms with Crippen LogP contribution in [0.4, 0.5) is 4.39 Å². The Morgan fingerprint density at radius 2 is 1.62 bits per heavy atom. The number of benzene rings is 3. The van der Waals surface area contributed by atoms with Crippen molar-refractivity contribution in [1.82, 2.24) is 9.80 Å². The van der Waals surface area contributed by atoms with Gasteiger partial charge in [-0.1, -0.05) is 64.5 Å². The third kappa shape index (κ3) is 7.41. The molecule has 0 bridgehead atoms. The molecule has 0 unspecified atom stereocenters. The number of ether oxygens (including phenoxy) is 1. The summed E-state index contributed by atoms with van der Waals surface area (Å²) in [6.07, 6.45) is 1.96. The van der Waals surface area contributed by atoms with Crippen molar-refractivity contribution < 1.29 is 18.7 Å². The standard InChI is InChI=1S/C30H32BrFN2O3/c1-33(21-23-7-3-2-4-8-23)29(36)20-30(22-37-26-13-11-25(32)12-14-26)15-17-34(18-16-30)28(35)19-24-9-5-6-10-27(24)31/h2-14H,15-22H2,1H3. The molecule has 3 aromatic carbocycles. The Labute approximate surface area is 226 Å². The van der Waals surface area contributed by atoms with Crippen molar-refractivity contribution in [3.05, 3.63) is 100 Å². The summed E-state index contributed by atoms with van der Waals surface area (Å²) >= 11 is 3.53. The molecular weight excluding hydrogens is 535 g/mol. The lowest BCUT2D eigenvalue weighted by Crippen LogP contribution is -2.48. The van der Waals surface area contributed by atoms with Gasteiger partial charge in [0.15, 0.2) is 0 Å². The molecule has 5 nitrogen and oxygen atoms in total. The van der Waals surface area contributed by atoms with Crippen LogP contribution >= 0.6 is 15.9 Å². The van der Waals surface area contributed by atoms with E-state index in [2.05, 4.69) is 15.9 Å². The highest BCUT2D eigenvalue weighted by Crippen LogP contribution is 2.37. The molecule has 1 aliphatic rings. The van der Waals surface area contributed by atoms with E-state index >= 15 is 0 Å². The highest BCUT2D eigenvalue weighted by Gasteiger charge is 2.39. The Bertz CT molecular complexity index is 1190. The van der Waals surface area contributed by atoms with Crippen LogP contribution in [0.3, 0.4) is 0 Å². The maximum Gasteiger partial charge on any atom is 0.227 e. The van der Waals surface area contributed by atoms with Gasteiger partial charge in [0.05, 0.1) is 13.0 Å². The molecule has 0 spiro atoms. The van der Waals surface area contributed by atoms with Gasteiger partial charge in [-0.25, -0.2) is 4.39 Å². The molecule has 7 heteroatoms. The number of amides is 2. The van der Waals surface area contributed by atoms with E-state index in [1.165, 1.54) is 12.1 Å². The molecule has 1 heterocycles. The van der Waals surface area contributed by atoms with Crippen molar-refractivity contribution in [1.29, 1.82) is 0 Å². The quantitative estimate of drug-likeness (QED) is 0.325. The van der Waals surface area contributed by atoms with Crippen LogP contribution in [0.2, 0.25) is 0 Å². The molecule has 4 rings (SSSR count). The summed E-state index contributed by atoms with van der Waals surface area (Å²) in [6.45, 7) is 1.98. The normalized spacial score (nSPS) is 14.7. The minimum Gasteiger partial charge on any atom is -0.493 e. The fourth-order valence-electron chi connectivity index (χ4n) is 4.69. The fourth-order valence-corrected chi connectivity index (χ4v) is 5.11. The summed E-state index contributed by atoms with van der Waals surface area (Å²) in [4.78, 5) is 30.0. The van der Waals surface area contributed by atoms with E-state index < -0.39 is 5.41 Å². The number of hydrogen-bond acceptors (Lipinski definition) is 3. The van der Waals surface area contributed by atoms with E-state index in [1.807, 2.05) is 66.5 Å². The zero-order valence-electron chi connectivity index (χ0n) is 21.0. The Morgan fingerprint density at radius 3 is 2.30 bits per heavy atom. The number of halogens is 2. The second kappa shape index (κ2) is 12.4. The predicted octanol–water partition coefficient (Wildman–Crippen LogP) is 5.87. The molecular formula is C30H32BrFN2O3. The second-order valence-electron chi connectivity index (χ2n) is 9.80. The number of rotatable bonds is 9. The molecule has 194 valence electrons. The highest BCUT2D eigenvalue weighted by atomic mass is 79.9. The van der Waals surface area contributed by atoms with Crippen molar-refractivity contribution >= 4 is 27.7 Å². The third-order valence-electron chi connectivity index (χ3n) is 7.05. The van der Waals surface area contributed by atoms with E-state index in [0.29, 0.717) is 57.7 Å². The highest BCUT2D eigenvalue weighted by molar-refractivity contribution is 9.10. The monoisotopic (exact) mass is 566 g/mol. The van der Waals surface area contributed by atoms with Crippen molar-refractivity contribution in [3.63, 3.8) is 0 Å². The van der Waals surface area contributed by atoms with Crippen molar-refractivity contribution in [3.8, 4) is 5.75 Å².